The van der Waals surface area contributed by atoms with Crippen LogP contribution in [0.3, 0.4) is 0 Å². The van der Waals surface area contributed by atoms with Crippen LogP contribution >= 0.6 is 0 Å². The molecule has 0 atom stereocenters. The molecule has 2 nitrogen and oxygen atoms in total. The summed E-state index contributed by atoms with van der Waals surface area (Å²) in [5.74, 6) is 3.33. The number of aliphatic hydroxyl groups excluding tert-OH is 1. The third kappa shape index (κ3) is 3.85. The highest BCUT2D eigenvalue weighted by molar-refractivity contribution is 5.82. The number of rotatable bonds is 5. The fourth-order valence-corrected chi connectivity index (χ4v) is 6.99. The van der Waals surface area contributed by atoms with Crippen LogP contribution in [-0.2, 0) is 11.6 Å². The van der Waals surface area contributed by atoms with E-state index in [2.05, 4.69) is 6.07 Å². The number of ether oxygens (including phenoxy) is 1. The summed E-state index contributed by atoms with van der Waals surface area (Å²) in [6, 6.07) is 11.2. The van der Waals surface area contributed by atoms with Crippen LogP contribution in [0, 0.1) is 17.8 Å². The van der Waals surface area contributed by atoms with E-state index < -0.39 is 11.7 Å². The Kier molecular flexibility index (Phi) is 5.36. The van der Waals surface area contributed by atoms with Crippen LogP contribution in [0.2, 0.25) is 0 Å². The van der Waals surface area contributed by atoms with Crippen LogP contribution < -0.4 is 4.74 Å². The molecular formula is C27H29F3O2. The predicted octanol–water partition coefficient (Wildman–Crippen LogP) is 6.71. The van der Waals surface area contributed by atoms with Crippen LogP contribution in [0.15, 0.2) is 42.5 Å². The molecule has 0 unspecified atom stereocenters. The Morgan fingerprint density at radius 2 is 1.69 bits per heavy atom. The molecule has 4 bridgehead atoms. The monoisotopic (exact) mass is 442 g/mol. The Morgan fingerprint density at radius 3 is 2.25 bits per heavy atom. The fourth-order valence-electron chi connectivity index (χ4n) is 6.99. The van der Waals surface area contributed by atoms with Crippen LogP contribution in [0.5, 0.6) is 5.75 Å². The first-order valence-corrected chi connectivity index (χ1v) is 11.5. The van der Waals surface area contributed by atoms with Gasteiger partial charge < -0.3 is 9.84 Å². The van der Waals surface area contributed by atoms with Gasteiger partial charge in [0.05, 0.1) is 19.3 Å². The third-order valence-corrected chi connectivity index (χ3v) is 7.91. The minimum atomic E-state index is -4.42. The van der Waals surface area contributed by atoms with E-state index in [0.29, 0.717) is 11.1 Å². The lowest BCUT2D eigenvalue weighted by Gasteiger charge is -2.57. The van der Waals surface area contributed by atoms with E-state index >= 15 is 0 Å². The number of hydrogen-bond donors (Lipinski definition) is 1. The van der Waals surface area contributed by atoms with Gasteiger partial charge in [0.15, 0.2) is 0 Å². The van der Waals surface area contributed by atoms with Crippen molar-refractivity contribution in [2.75, 3.05) is 13.7 Å². The second-order valence-electron chi connectivity index (χ2n) is 10.1. The SMILES string of the molecule is COc1cc(/C=C(\CO)c2cccc(C(F)(F)F)c2)ccc1C12CC3CC(CC(C3)C1)C2. The Bertz CT molecular complexity index is 1000. The highest BCUT2D eigenvalue weighted by Gasteiger charge is 2.52. The second kappa shape index (κ2) is 7.95. The van der Waals surface area contributed by atoms with Gasteiger partial charge in [-0.3, -0.25) is 0 Å². The molecular weight excluding hydrogens is 413 g/mol. The molecule has 0 saturated heterocycles. The summed E-state index contributed by atoms with van der Waals surface area (Å²) in [4.78, 5) is 0. The van der Waals surface area contributed by atoms with Gasteiger partial charge in [0.1, 0.15) is 5.75 Å². The van der Waals surface area contributed by atoms with Gasteiger partial charge in [-0.2, -0.15) is 13.2 Å². The summed E-state index contributed by atoms with van der Waals surface area (Å²) in [6.45, 7) is -0.347. The zero-order valence-corrected chi connectivity index (χ0v) is 18.3. The molecule has 1 N–H and O–H groups in total. The molecule has 4 aliphatic carbocycles. The van der Waals surface area contributed by atoms with E-state index in [9.17, 15) is 18.3 Å². The molecule has 0 heterocycles. The van der Waals surface area contributed by atoms with Crippen molar-refractivity contribution in [3.8, 4) is 5.75 Å². The Hall–Kier alpha value is -2.27. The molecule has 170 valence electrons. The smallest absolute Gasteiger partial charge is 0.416 e. The second-order valence-corrected chi connectivity index (χ2v) is 10.1. The van der Waals surface area contributed by atoms with Gasteiger partial charge in [0.2, 0.25) is 0 Å². The summed E-state index contributed by atoms with van der Waals surface area (Å²) < 4.78 is 45.2. The number of hydrogen-bond acceptors (Lipinski definition) is 2. The molecule has 4 saturated carbocycles. The normalized spacial score (nSPS) is 29.4. The van der Waals surface area contributed by atoms with Crippen molar-refractivity contribution in [2.24, 2.45) is 17.8 Å². The van der Waals surface area contributed by atoms with Gasteiger partial charge in [-0.1, -0.05) is 24.3 Å². The number of methoxy groups -OCH3 is 1. The van der Waals surface area contributed by atoms with E-state index in [4.69, 9.17) is 4.74 Å². The quantitative estimate of drug-likeness (QED) is 0.521. The highest BCUT2D eigenvalue weighted by atomic mass is 19.4. The lowest BCUT2D eigenvalue weighted by atomic mass is 9.48. The van der Waals surface area contributed by atoms with Gasteiger partial charge in [0.25, 0.3) is 0 Å². The maximum atomic E-state index is 13.1. The molecule has 32 heavy (non-hydrogen) atoms. The van der Waals surface area contributed by atoms with Crippen molar-refractivity contribution in [3.63, 3.8) is 0 Å². The molecule has 0 aliphatic heterocycles. The predicted molar refractivity (Wildman–Crippen MR) is 119 cm³/mol. The fraction of sp³-hybridized carbons (Fsp3) is 0.481. The maximum Gasteiger partial charge on any atom is 0.416 e. The van der Waals surface area contributed by atoms with Crippen LogP contribution in [0.1, 0.15) is 60.8 Å². The average molecular weight is 443 g/mol. The molecule has 2 aromatic carbocycles. The van der Waals surface area contributed by atoms with Crippen molar-refractivity contribution in [2.45, 2.75) is 50.1 Å². The van der Waals surface area contributed by atoms with Gasteiger partial charge in [-0.15, -0.1) is 0 Å². The number of benzene rings is 2. The Balaban J connectivity index is 1.48. The average Bonchev–Trinajstić information content (AvgIpc) is 2.76. The van der Waals surface area contributed by atoms with Crippen molar-refractivity contribution >= 4 is 11.6 Å². The van der Waals surface area contributed by atoms with Crippen LogP contribution in [0.4, 0.5) is 13.2 Å². The van der Waals surface area contributed by atoms with Crippen LogP contribution in [-0.4, -0.2) is 18.8 Å². The highest BCUT2D eigenvalue weighted by Crippen LogP contribution is 2.61. The summed E-state index contributed by atoms with van der Waals surface area (Å²) in [6.07, 6.45) is 5.16. The van der Waals surface area contributed by atoms with E-state index in [-0.39, 0.29) is 12.0 Å². The third-order valence-electron chi connectivity index (χ3n) is 7.91. The zero-order valence-electron chi connectivity index (χ0n) is 18.3. The molecule has 0 spiro atoms. The molecule has 2 aromatic rings. The number of halogens is 3. The van der Waals surface area contributed by atoms with Gasteiger partial charge in [-0.05, 0) is 103 Å². The molecule has 5 heteroatoms. The summed E-state index contributed by atoms with van der Waals surface area (Å²) in [5.41, 5.74) is 2.39. The maximum absolute atomic E-state index is 13.1. The van der Waals surface area contributed by atoms with Crippen molar-refractivity contribution < 1.29 is 23.0 Å². The first-order valence-electron chi connectivity index (χ1n) is 11.5. The van der Waals surface area contributed by atoms with E-state index in [1.807, 2.05) is 12.1 Å². The van der Waals surface area contributed by atoms with Crippen LogP contribution in [0.25, 0.3) is 11.6 Å². The van der Waals surface area contributed by atoms with Crippen molar-refractivity contribution in [1.29, 1.82) is 0 Å². The minimum absolute atomic E-state index is 0.198. The van der Waals surface area contributed by atoms with Crippen molar-refractivity contribution in [3.05, 3.63) is 64.7 Å². The van der Waals surface area contributed by atoms with E-state index in [1.165, 1.54) is 50.2 Å². The molecule has 0 aromatic heterocycles. The van der Waals surface area contributed by atoms with Gasteiger partial charge in [-0.25, -0.2) is 0 Å². The van der Waals surface area contributed by atoms with E-state index in [1.54, 1.807) is 19.3 Å². The summed E-state index contributed by atoms with van der Waals surface area (Å²) in [5, 5.41) is 9.89. The first-order chi connectivity index (χ1) is 15.3. The Morgan fingerprint density at radius 1 is 1.03 bits per heavy atom. The lowest BCUT2D eigenvalue weighted by Crippen LogP contribution is -2.48. The Labute approximate surface area is 187 Å². The lowest BCUT2D eigenvalue weighted by molar-refractivity contribution is -0.137. The van der Waals surface area contributed by atoms with Gasteiger partial charge >= 0.3 is 6.18 Å². The van der Waals surface area contributed by atoms with E-state index in [0.717, 1.165) is 41.2 Å². The molecule has 4 fully saturated rings. The molecule has 4 aliphatic rings. The number of alkyl halides is 3. The summed E-state index contributed by atoms with van der Waals surface area (Å²) >= 11 is 0. The molecule has 0 radical (unpaired) electrons. The zero-order chi connectivity index (χ0) is 22.5. The van der Waals surface area contributed by atoms with Gasteiger partial charge in [0, 0.05) is 5.56 Å². The molecule has 6 rings (SSSR count). The standard InChI is InChI=1S/C27H29F3O2/c1-32-25-11-17(10-22(16-31)21-3-2-4-23(12-21)27(28,29)30)5-6-24(25)26-13-18-7-19(14-26)9-20(8-18)15-26/h2-6,10-12,18-20,31H,7-9,13-16H2,1H3/b22-10+. The molecule has 0 amide bonds. The number of aliphatic hydroxyl groups is 1. The topological polar surface area (TPSA) is 29.5 Å². The first kappa shape index (κ1) is 21.6. The summed E-state index contributed by atoms with van der Waals surface area (Å²) in [7, 11) is 1.69. The van der Waals surface area contributed by atoms with Crippen molar-refractivity contribution in [1.82, 2.24) is 0 Å². The largest absolute Gasteiger partial charge is 0.496 e. The minimum Gasteiger partial charge on any atom is -0.496 e.